The van der Waals surface area contributed by atoms with Crippen molar-refractivity contribution in [3.05, 3.63) is 64.2 Å². The number of carbonyl (C=O) groups excluding carboxylic acids is 1. The Morgan fingerprint density at radius 1 is 1.09 bits per heavy atom. The minimum absolute atomic E-state index is 0.00762. The third-order valence-corrected chi connectivity index (χ3v) is 7.48. The van der Waals surface area contributed by atoms with Crippen molar-refractivity contribution in [1.82, 2.24) is 24.7 Å². The molecular formula is C33H39BrN6O6. The standard InChI is InChI=1S/C33H39BrN6O6/c1-19(2)39-18-22(10-12-25(39)41)24-17-35-28(40(31(43)44)33(7,8)16-26(42)46-32(4,5)6)27(36-24)30-38-37-29(45-30)23-11-9-21(13-14-34)15-20(23)3/h9-12,15,17-19H,13-14,16H2,1-8H3,(H,43,44). The van der Waals surface area contributed by atoms with Crippen LogP contribution in [0.5, 0.6) is 0 Å². The van der Waals surface area contributed by atoms with Gasteiger partial charge in [0.25, 0.3) is 11.4 Å². The van der Waals surface area contributed by atoms with E-state index >= 15 is 0 Å². The first kappa shape index (κ1) is 34.5. The van der Waals surface area contributed by atoms with E-state index in [2.05, 4.69) is 31.1 Å². The molecule has 0 spiro atoms. The molecule has 0 atom stereocenters. The number of carbonyl (C=O) groups is 2. The summed E-state index contributed by atoms with van der Waals surface area (Å²) in [6.07, 6.45) is 2.29. The molecular weight excluding hydrogens is 656 g/mol. The van der Waals surface area contributed by atoms with Gasteiger partial charge in [-0.1, -0.05) is 28.1 Å². The average Bonchev–Trinajstić information content (AvgIpc) is 3.42. The molecule has 0 unspecified atom stereocenters. The largest absolute Gasteiger partial charge is 0.465 e. The van der Waals surface area contributed by atoms with Crippen molar-refractivity contribution in [3.63, 3.8) is 0 Å². The summed E-state index contributed by atoms with van der Waals surface area (Å²) in [6.45, 7) is 14.1. The van der Waals surface area contributed by atoms with Crippen LogP contribution in [-0.4, -0.2) is 58.4 Å². The number of nitrogens with zero attached hydrogens (tertiary/aromatic N) is 6. The number of carboxylic acid groups (broad SMARTS) is 1. The van der Waals surface area contributed by atoms with Gasteiger partial charge in [0.2, 0.25) is 5.89 Å². The third kappa shape index (κ3) is 7.87. The lowest BCUT2D eigenvalue weighted by Crippen LogP contribution is -2.50. The van der Waals surface area contributed by atoms with Gasteiger partial charge in [-0.05, 0) is 85.1 Å². The highest BCUT2D eigenvalue weighted by Gasteiger charge is 2.39. The highest BCUT2D eigenvalue weighted by molar-refractivity contribution is 9.09. The second kappa shape index (κ2) is 13.5. The lowest BCUT2D eigenvalue weighted by Gasteiger charge is -2.36. The van der Waals surface area contributed by atoms with Crippen LogP contribution in [0.15, 0.2) is 51.9 Å². The van der Waals surface area contributed by atoms with Crippen molar-refractivity contribution >= 4 is 33.8 Å². The van der Waals surface area contributed by atoms with E-state index in [1.54, 1.807) is 51.4 Å². The second-order valence-corrected chi connectivity index (χ2v) is 13.7. The lowest BCUT2D eigenvalue weighted by molar-refractivity contribution is -0.155. The van der Waals surface area contributed by atoms with E-state index in [4.69, 9.17) is 14.1 Å². The van der Waals surface area contributed by atoms with Crippen LogP contribution in [-0.2, 0) is 16.0 Å². The van der Waals surface area contributed by atoms with Crippen molar-refractivity contribution in [2.45, 2.75) is 85.4 Å². The first-order chi connectivity index (χ1) is 21.5. The predicted octanol–water partition coefficient (Wildman–Crippen LogP) is 6.84. The van der Waals surface area contributed by atoms with E-state index in [1.807, 2.05) is 39.0 Å². The average molecular weight is 696 g/mol. The van der Waals surface area contributed by atoms with E-state index in [9.17, 15) is 19.5 Å². The summed E-state index contributed by atoms with van der Waals surface area (Å²) in [5.74, 6) is -0.537. The van der Waals surface area contributed by atoms with Gasteiger partial charge >= 0.3 is 12.1 Å². The van der Waals surface area contributed by atoms with Crippen LogP contribution in [0, 0.1) is 6.92 Å². The van der Waals surface area contributed by atoms with Gasteiger partial charge in [-0.25, -0.2) is 14.8 Å². The SMILES string of the molecule is Cc1cc(CCBr)ccc1-c1nnc(-c2nc(-c3ccc(=O)n(C(C)C)c3)cnc2N(C(=O)O)C(C)(C)CC(=O)OC(C)(C)C)o1. The van der Waals surface area contributed by atoms with E-state index in [-0.39, 0.29) is 41.3 Å². The minimum Gasteiger partial charge on any atom is -0.465 e. The Morgan fingerprint density at radius 3 is 2.39 bits per heavy atom. The molecule has 3 heterocycles. The zero-order chi connectivity index (χ0) is 34.0. The fourth-order valence-electron chi connectivity index (χ4n) is 4.99. The number of halogens is 1. The fraction of sp³-hybridized carbons (Fsp3) is 0.424. The molecule has 0 bridgehead atoms. The van der Waals surface area contributed by atoms with Crippen LogP contribution in [0.4, 0.5) is 10.6 Å². The molecule has 0 fully saturated rings. The molecule has 46 heavy (non-hydrogen) atoms. The van der Waals surface area contributed by atoms with Crippen molar-refractivity contribution in [3.8, 4) is 34.3 Å². The summed E-state index contributed by atoms with van der Waals surface area (Å²) in [5, 5.41) is 19.8. The van der Waals surface area contributed by atoms with Crippen LogP contribution >= 0.6 is 15.9 Å². The predicted molar refractivity (Wildman–Crippen MR) is 178 cm³/mol. The molecule has 3 aromatic heterocycles. The number of rotatable bonds is 10. The molecule has 0 aliphatic rings. The highest BCUT2D eigenvalue weighted by Crippen LogP contribution is 2.36. The molecule has 1 N–H and O–H groups in total. The number of ether oxygens (including phenoxy) is 1. The molecule has 4 aromatic rings. The normalized spacial score (nSPS) is 12.0. The Balaban J connectivity index is 1.88. The van der Waals surface area contributed by atoms with E-state index in [0.717, 1.165) is 27.8 Å². The first-order valence-electron chi connectivity index (χ1n) is 14.8. The number of alkyl halides is 1. The maximum absolute atomic E-state index is 12.9. The first-order valence-corrected chi connectivity index (χ1v) is 16.0. The Morgan fingerprint density at radius 2 is 1.78 bits per heavy atom. The molecule has 0 saturated carbocycles. The van der Waals surface area contributed by atoms with Crippen LogP contribution in [0.1, 0.15) is 72.1 Å². The van der Waals surface area contributed by atoms with Crippen molar-refractivity contribution in [1.29, 1.82) is 0 Å². The summed E-state index contributed by atoms with van der Waals surface area (Å²) in [6, 6.07) is 8.86. The van der Waals surface area contributed by atoms with Gasteiger partial charge in [-0.2, -0.15) is 0 Å². The Kier molecular flexibility index (Phi) is 10.1. The van der Waals surface area contributed by atoms with E-state index < -0.39 is 23.2 Å². The summed E-state index contributed by atoms with van der Waals surface area (Å²) in [5.41, 5.74) is 1.43. The van der Waals surface area contributed by atoms with Gasteiger partial charge < -0.3 is 18.8 Å². The molecule has 0 aliphatic carbocycles. The summed E-state index contributed by atoms with van der Waals surface area (Å²) in [4.78, 5) is 48.4. The summed E-state index contributed by atoms with van der Waals surface area (Å²) >= 11 is 3.47. The van der Waals surface area contributed by atoms with Gasteiger partial charge in [0.05, 0.1) is 23.9 Å². The maximum atomic E-state index is 12.9. The highest BCUT2D eigenvalue weighted by atomic mass is 79.9. The number of hydrogen-bond donors (Lipinski definition) is 1. The summed E-state index contributed by atoms with van der Waals surface area (Å²) in [7, 11) is 0. The molecule has 1 aromatic carbocycles. The third-order valence-electron chi connectivity index (χ3n) is 7.08. The van der Waals surface area contributed by atoms with Gasteiger partial charge in [0.1, 0.15) is 5.60 Å². The number of aromatic nitrogens is 5. The zero-order valence-electron chi connectivity index (χ0n) is 27.3. The Labute approximate surface area is 276 Å². The Bertz CT molecular complexity index is 1810. The number of amides is 1. The molecule has 13 heteroatoms. The molecule has 0 radical (unpaired) electrons. The Hall–Kier alpha value is -4.39. The van der Waals surface area contributed by atoms with E-state index in [1.165, 1.54) is 12.3 Å². The number of aryl methyl sites for hydroxylation is 2. The molecule has 0 saturated heterocycles. The smallest absolute Gasteiger partial charge is 0.413 e. The van der Waals surface area contributed by atoms with Gasteiger partial charge in [0.15, 0.2) is 11.5 Å². The number of anilines is 1. The fourth-order valence-corrected chi connectivity index (χ4v) is 5.45. The molecule has 244 valence electrons. The molecule has 4 rings (SSSR count). The second-order valence-electron chi connectivity index (χ2n) is 12.9. The van der Waals surface area contributed by atoms with Gasteiger partial charge in [-0.3, -0.25) is 14.5 Å². The quantitative estimate of drug-likeness (QED) is 0.138. The topological polar surface area (TPSA) is 154 Å². The molecule has 0 aliphatic heterocycles. The number of pyridine rings is 1. The van der Waals surface area contributed by atoms with Crippen LogP contribution in [0.25, 0.3) is 34.3 Å². The monoisotopic (exact) mass is 694 g/mol. The van der Waals surface area contributed by atoms with Crippen LogP contribution in [0.2, 0.25) is 0 Å². The minimum atomic E-state index is -1.37. The zero-order valence-corrected chi connectivity index (χ0v) is 28.9. The van der Waals surface area contributed by atoms with E-state index in [0.29, 0.717) is 16.8 Å². The lowest BCUT2D eigenvalue weighted by atomic mass is 9.97. The van der Waals surface area contributed by atoms with Gasteiger partial charge in [-0.15, -0.1) is 10.2 Å². The number of benzene rings is 1. The van der Waals surface area contributed by atoms with Crippen molar-refractivity contribution in [2.75, 3.05) is 10.2 Å². The van der Waals surface area contributed by atoms with Gasteiger partial charge in [0, 0.05) is 34.8 Å². The van der Waals surface area contributed by atoms with Crippen LogP contribution in [0.3, 0.4) is 0 Å². The number of hydrogen-bond acceptors (Lipinski definition) is 9. The van der Waals surface area contributed by atoms with Crippen LogP contribution < -0.4 is 10.5 Å². The van der Waals surface area contributed by atoms with Crippen molar-refractivity contribution in [2.24, 2.45) is 0 Å². The number of esters is 1. The van der Waals surface area contributed by atoms with Crippen molar-refractivity contribution < 1.29 is 23.8 Å². The summed E-state index contributed by atoms with van der Waals surface area (Å²) < 4.78 is 13.2. The maximum Gasteiger partial charge on any atom is 0.413 e. The molecule has 12 nitrogen and oxygen atoms in total. The molecule has 1 amide bonds.